The van der Waals surface area contributed by atoms with Crippen LogP contribution in [0.15, 0.2) is 0 Å². The van der Waals surface area contributed by atoms with Crippen LogP contribution in [0.5, 0.6) is 0 Å². The topological polar surface area (TPSA) is 50.1 Å². The van der Waals surface area contributed by atoms with Crippen LogP contribution in [-0.2, 0) is 0 Å². The van der Waals surface area contributed by atoms with Gasteiger partial charge in [-0.3, -0.25) is 0 Å². The average molecular weight is 471 g/mol. The van der Waals surface area contributed by atoms with E-state index in [1.807, 2.05) is 0 Å². The second kappa shape index (κ2) is 14.0. The Morgan fingerprint density at radius 1 is 0.690 bits per heavy atom. The molecule has 3 nitrogen and oxygen atoms in total. The van der Waals surface area contributed by atoms with Gasteiger partial charge in [0.2, 0.25) is 0 Å². The number of rotatable bonds is 12. The summed E-state index contributed by atoms with van der Waals surface area (Å²) in [5.41, 5.74) is 5.56. The van der Waals surface area contributed by atoms with Crippen LogP contribution in [0.1, 0.15) is 77.0 Å². The molecule has 0 aromatic rings. The highest BCUT2D eigenvalue weighted by molar-refractivity contribution is 5.86. The van der Waals surface area contributed by atoms with E-state index in [1.54, 1.807) is 51.4 Å². The largest absolute Gasteiger partial charge is 0.330 e. The summed E-state index contributed by atoms with van der Waals surface area (Å²) < 4.78 is 0. The molecule has 0 heterocycles. The molecular weight excluding hydrogens is 425 g/mol. The molecule has 4 N–H and O–H groups in total. The molecule has 29 heavy (non-hydrogen) atoms. The molecule has 174 valence electrons. The minimum absolute atomic E-state index is 0. The maximum absolute atomic E-state index is 5.56. The Hall–Kier alpha value is 0.750. The molecule has 0 aliphatic heterocycles. The fourth-order valence-corrected chi connectivity index (χ4v) is 7.20. The molecular formula is C23H46Cl3N3. The zero-order valence-electron chi connectivity index (χ0n) is 18.2. The van der Waals surface area contributed by atoms with E-state index in [0.29, 0.717) is 0 Å². The molecule has 0 aromatic heterocycles. The van der Waals surface area contributed by atoms with Gasteiger partial charge >= 0.3 is 0 Å². The lowest BCUT2D eigenvalue weighted by Gasteiger charge is -2.31. The molecule has 0 amide bonds. The number of fused-ring (bicyclic) bond motifs is 4. The first-order chi connectivity index (χ1) is 12.8. The van der Waals surface area contributed by atoms with E-state index in [0.717, 1.165) is 67.6 Å². The third kappa shape index (κ3) is 7.68. The summed E-state index contributed by atoms with van der Waals surface area (Å²) in [6, 6.07) is 0.799. The van der Waals surface area contributed by atoms with Crippen LogP contribution in [0.25, 0.3) is 0 Å². The highest BCUT2D eigenvalue weighted by Crippen LogP contribution is 2.52. The van der Waals surface area contributed by atoms with Crippen molar-refractivity contribution in [3.63, 3.8) is 0 Å². The van der Waals surface area contributed by atoms with Gasteiger partial charge in [-0.05, 0) is 126 Å². The summed E-state index contributed by atoms with van der Waals surface area (Å²) in [5.74, 6) is 6.46. The quantitative estimate of drug-likeness (QED) is 0.344. The molecule has 0 radical (unpaired) electrons. The summed E-state index contributed by atoms with van der Waals surface area (Å²) in [6.07, 6.45) is 17.7. The number of nitrogens with one attached hydrogen (secondary N) is 2. The fraction of sp³-hybridized carbons (Fsp3) is 1.00. The highest BCUT2D eigenvalue weighted by Gasteiger charge is 2.43. The summed E-state index contributed by atoms with van der Waals surface area (Å²) >= 11 is 0. The van der Waals surface area contributed by atoms with Gasteiger partial charge in [0, 0.05) is 6.04 Å². The molecule has 6 unspecified atom stereocenters. The van der Waals surface area contributed by atoms with Gasteiger partial charge in [0.25, 0.3) is 0 Å². The zero-order valence-corrected chi connectivity index (χ0v) is 20.6. The van der Waals surface area contributed by atoms with Crippen molar-refractivity contribution in [2.24, 2.45) is 41.2 Å². The van der Waals surface area contributed by atoms with Gasteiger partial charge in [-0.15, -0.1) is 37.2 Å². The third-order valence-corrected chi connectivity index (χ3v) is 8.46. The van der Waals surface area contributed by atoms with E-state index in [1.165, 1.54) is 25.8 Å². The van der Waals surface area contributed by atoms with E-state index in [9.17, 15) is 0 Å². The second-order valence-electron chi connectivity index (χ2n) is 10.2. The van der Waals surface area contributed by atoms with Crippen molar-refractivity contribution in [2.75, 3.05) is 26.2 Å². The standard InChI is InChI=1S/C23H43N3.3ClH/c24-7-1-8-25-9-2-10-26-23(15-21-13-17-3-5-19(21)11-17)16-22-14-18-4-6-20(22)12-18;;;/h17-23,25-26H,1-16,24H2;3*1H. The van der Waals surface area contributed by atoms with Crippen LogP contribution in [0.3, 0.4) is 0 Å². The molecule has 4 bridgehead atoms. The van der Waals surface area contributed by atoms with Crippen LogP contribution in [0.4, 0.5) is 0 Å². The lowest BCUT2D eigenvalue weighted by molar-refractivity contribution is 0.226. The summed E-state index contributed by atoms with van der Waals surface area (Å²) in [7, 11) is 0. The van der Waals surface area contributed by atoms with Crippen molar-refractivity contribution in [1.82, 2.24) is 10.6 Å². The minimum Gasteiger partial charge on any atom is -0.330 e. The van der Waals surface area contributed by atoms with E-state index < -0.39 is 0 Å². The Labute approximate surface area is 198 Å². The Bertz CT molecular complexity index is 410. The Morgan fingerprint density at radius 2 is 1.24 bits per heavy atom. The van der Waals surface area contributed by atoms with Crippen molar-refractivity contribution in [2.45, 2.75) is 83.1 Å². The zero-order chi connectivity index (χ0) is 17.8. The fourth-order valence-electron chi connectivity index (χ4n) is 7.20. The second-order valence-corrected chi connectivity index (χ2v) is 10.2. The molecule has 4 aliphatic carbocycles. The SMILES string of the molecule is Cl.Cl.Cl.NCCCNCCCNC(CC1CC2CCC1C2)CC1CC2CCC1C2. The maximum atomic E-state index is 5.56. The highest BCUT2D eigenvalue weighted by atomic mass is 35.5. The third-order valence-electron chi connectivity index (χ3n) is 8.46. The van der Waals surface area contributed by atoms with Crippen LogP contribution in [0.2, 0.25) is 0 Å². The van der Waals surface area contributed by atoms with Crippen molar-refractivity contribution in [1.29, 1.82) is 0 Å². The monoisotopic (exact) mass is 469 g/mol. The van der Waals surface area contributed by atoms with Gasteiger partial charge < -0.3 is 16.4 Å². The lowest BCUT2D eigenvalue weighted by atomic mass is 9.79. The van der Waals surface area contributed by atoms with Crippen molar-refractivity contribution < 1.29 is 0 Å². The predicted molar refractivity (Wildman–Crippen MR) is 132 cm³/mol. The normalized spacial score (nSPS) is 35.1. The molecule has 0 spiro atoms. The van der Waals surface area contributed by atoms with Crippen LogP contribution in [-0.4, -0.2) is 32.2 Å². The van der Waals surface area contributed by atoms with Crippen molar-refractivity contribution >= 4 is 37.2 Å². The smallest absolute Gasteiger partial charge is 0.00725 e. The van der Waals surface area contributed by atoms with Gasteiger partial charge in [-0.2, -0.15) is 0 Å². The Balaban J connectivity index is 0.00000140. The average Bonchev–Trinajstić information content (AvgIpc) is 3.42. The van der Waals surface area contributed by atoms with E-state index >= 15 is 0 Å². The number of nitrogens with two attached hydrogens (primary N) is 1. The first-order valence-electron chi connectivity index (χ1n) is 12.0. The molecule has 4 saturated carbocycles. The number of hydrogen-bond acceptors (Lipinski definition) is 3. The summed E-state index contributed by atoms with van der Waals surface area (Å²) in [5, 5.41) is 7.55. The van der Waals surface area contributed by atoms with E-state index in [4.69, 9.17) is 5.73 Å². The first kappa shape index (κ1) is 27.8. The lowest BCUT2D eigenvalue weighted by Crippen LogP contribution is -2.36. The maximum Gasteiger partial charge on any atom is 0.00725 e. The van der Waals surface area contributed by atoms with Gasteiger partial charge in [0.15, 0.2) is 0 Å². The Morgan fingerprint density at radius 3 is 1.69 bits per heavy atom. The van der Waals surface area contributed by atoms with Crippen molar-refractivity contribution in [3.8, 4) is 0 Å². The van der Waals surface area contributed by atoms with Crippen molar-refractivity contribution in [3.05, 3.63) is 0 Å². The summed E-state index contributed by atoms with van der Waals surface area (Å²) in [4.78, 5) is 0. The Kier molecular flexibility index (Phi) is 13.4. The van der Waals surface area contributed by atoms with Crippen LogP contribution < -0.4 is 16.4 Å². The minimum atomic E-state index is 0. The van der Waals surface area contributed by atoms with Crippen LogP contribution >= 0.6 is 37.2 Å². The number of hydrogen-bond donors (Lipinski definition) is 3. The van der Waals surface area contributed by atoms with Gasteiger partial charge in [-0.25, -0.2) is 0 Å². The molecule has 0 aromatic carbocycles. The van der Waals surface area contributed by atoms with Gasteiger partial charge in [0.1, 0.15) is 0 Å². The molecule has 4 rings (SSSR count). The first-order valence-corrected chi connectivity index (χ1v) is 12.0. The molecule has 6 atom stereocenters. The van der Waals surface area contributed by atoms with E-state index in [2.05, 4.69) is 10.6 Å². The molecule has 6 heteroatoms. The van der Waals surface area contributed by atoms with E-state index in [-0.39, 0.29) is 37.2 Å². The molecule has 0 saturated heterocycles. The van der Waals surface area contributed by atoms with Gasteiger partial charge in [0.05, 0.1) is 0 Å². The van der Waals surface area contributed by atoms with Gasteiger partial charge in [-0.1, -0.05) is 12.8 Å². The van der Waals surface area contributed by atoms with Crippen LogP contribution in [0, 0.1) is 35.5 Å². The number of halogens is 3. The predicted octanol–water partition coefficient (Wildman–Crippen LogP) is 5.19. The molecule has 4 fully saturated rings. The summed E-state index contributed by atoms with van der Waals surface area (Å²) in [6.45, 7) is 4.22. The molecule has 4 aliphatic rings.